The van der Waals surface area contributed by atoms with E-state index >= 15 is 0 Å². The first-order valence-corrected chi connectivity index (χ1v) is 17.5. The molecule has 0 aliphatic rings. The Balaban J connectivity index is 1.85. The largest absolute Gasteiger partial charge is 0.352 e. The van der Waals surface area contributed by atoms with Gasteiger partial charge < -0.3 is 10.2 Å². The highest BCUT2D eigenvalue weighted by Gasteiger charge is 2.35. The zero-order valence-electron chi connectivity index (χ0n) is 25.2. The Kier molecular flexibility index (Phi) is 12.4. The number of nitrogens with one attached hydrogen (secondary N) is 1. The van der Waals surface area contributed by atoms with Crippen molar-refractivity contribution < 1.29 is 18.0 Å². The normalized spacial score (nSPS) is 12.7. The second-order valence-corrected chi connectivity index (χ2v) is 14.3. The average Bonchev–Trinajstić information content (AvgIpc) is 3.02. The molecule has 12 heteroatoms. The van der Waals surface area contributed by atoms with E-state index in [2.05, 4.69) is 5.32 Å². The number of hydrogen-bond acceptors (Lipinski definition) is 4. The van der Waals surface area contributed by atoms with E-state index in [1.807, 2.05) is 44.2 Å². The highest BCUT2D eigenvalue weighted by Crippen LogP contribution is 2.31. The number of nitrogens with zero attached hydrogens (tertiary/aromatic N) is 2. The molecule has 7 nitrogen and oxygen atoms in total. The van der Waals surface area contributed by atoms with Gasteiger partial charge >= 0.3 is 0 Å². The van der Waals surface area contributed by atoms with E-state index in [1.54, 1.807) is 36.4 Å². The summed E-state index contributed by atoms with van der Waals surface area (Å²) in [6.45, 7) is 3.05. The Bertz CT molecular complexity index is 1760. The molecule has 46 heavy (non-hydrogen) atoms. The van der Waals surface area contributed by atoms with Crippen LogP contribution in [-0.2, 0) is 32.6 Å². The van der Waals surface area contributed by atoms with Crippen molar-refractivity contribution in [2.24, 2.45) is 0 Å². The lowest BCUT2D eigenvalue weighted by Gasteiger charge is -2.34. The Morgan fingerprint density at radius 2 is 1.41 bits per heavy atom. The van der Waals surface area contributed by atoms with Gasteiger partial charge in [-0.05, 0) is 66.9 Å². The van der Waals surface area contributed by atoms with Gasteiger partial charge in [0.2, 0.25) is 11.8 Å². The molecule has 0 saturated carbocycles. The molecular weight excluding hydrogens is 688 g/mol. The number of halogens is 4. The maximum Gasteiger partial charge on any atom is 0.264 e. The van der Waals surface area contributed by atoms with Gasteiger partial charge in [0.1, 0.15) is 12.6 Å². The van der Waals surface area contributed by atoms with Crippen molar-refractivity contribution in [2.75, 3.05) is 10.8 Å². The lowest BCUT2D eigenvalue weighted by atomic mass is 10.0. The minimum Gasteiger partial charge on any atom is -0.352 e. The quantitative estimate of drug-likeness (QED) is 0.152. The Hall–Kier alpha value is -3.27. The number of rotatable bonds is 13. The molecule has 4 aromatic carbocycles. The highest BCUT2D eigenvalue weighted by atomic mass is 35.5. The Morgan fingerprint density at radius 1 is 0.804 bits per heavy atom. The minimum absolute atomic E-state index is 0.0402. The van der Waals surface area contributed by atoms with E-state index in [-0.39, 0.29) is 45.5 Å². The molecule has 0 heterocycles. The first kappa shape index (κ1) is 35.6. The van der Waals surface area contributed by atoms with E-state index < -0.39 is 28.5 Å². The van der Waals surface area contributed by atoms with Gasteiger partial charge in [-0.3, -0.25) is 13.9 Å². The number of carbonyl (C=O) groups is 2. The van der Waals surface area contributed by atoms with Crippen LogP contribution in [0.3, 0.4) is 0 Å². The van der Waals surface area contributed by atoms with E-state index in [9.17, 15) is 18.0 Å². The molecule has 1 N–H and O–H groups in total. The molecule has 2 amide bonds. The molecule has 0 radical (unpaired) electrons. The van der Waals surface area contributed by atoms with Crippen molar-refractivity contribution in [1.29, 1.82) is 0 Å². The number of sulfonamides is 1. The average molecular weight is 722 g/mol. The lowest BCUT2D eigenvalue weighted by molar-refractivity contribution is -0.140. The molecule has 4 aromatic rings. The summed E-state index contributed by atoms with van der Waals surface area (Å²) in [6, 6.07) is 24.9. The molecule has 0 saturated heterocycles. The third-order valence-electron chi connectivity index (χ3n) is 7.37. The van der Waals surface area contributed by atoms with Gasteiger partial charge in [0.15, 0.2) is 0 Å². The number of hydrogen-bond donors (Lipinski definition) is 1. The number of benzene rings is 4. The van der Waals surface area contributed by atoms with Gasteiger partial charge in [0.25, 0.3) is 10.0 Å². The topological polar surface area (TPSA) is 86.8 Å². The van der Waals surface area contributed by atoms with Crippen molar-refractivity contribution in [2.45, 2.75) is 50.2 Å². The summed E-state index contributed by atoms with van der Waals surface area (Å²) in [4.78, 5) is 29.8. The SMILES string of the molecule is CC[C@@H](C)NC(=O)[C@@H](Cc1ccccc1)N(Cc1ccc(Cl)cc1Cl)C(=O)CN(c1cc(Cl)cc(Cl)c1)S(=O)(=O)c1ccccc1. The van der Waals surface area contributed by atoms with Gasteiger partial charge in [-0.25, -0.2) is 8.42 Å². The van der Waals surface area contributed by atoms with Crippen LogP contribution in [0.5, 0.6) is 0 Å². The zero-order chi connectivity index (χ0) is 33.4. The lowest BCUT2D eigenvalue weighted by Crippen LogP contribution is -2.54. The summed E-state index contributed by atoms with van der Waals surface area (Å²) < 4.78 is 29.1. The van der Waals surface area contributed by atoms with Gasteiger partial charge in [0, 0.05) is 39.1 Å². The molecule has 4 rings (SSSR count). The van der Waals surface area contributed by atoms with Crippen molar-refractivity contribution in [1.82, 2.24) is 10.2 Å². The maximum absolute atomic E-state index is 14.6. The third-order valence-corrected chi connectivity index (χ3v) is 10.2. The molecule has 0 spiro atoms. The summed E-state index contributed by atoms with van der Waals surface area (Å²) in [5.41, 5.74) is 1.42. The predicted octanol–water partition coefficient (Wildman–Crippen LogP) is 8.05. The Morgan fingerprint density at radius 3 is 2.00 bits per heavy atom. The van der Waals surface area contributed by atoms with Crippen molar-refractivity contribution >= 4 is 73.9 Å². The summed E-state index contributed by atoms with van der Waals surface area (Å²) in [5.74, 6) is -1.04. The summed E-state index contributed by atoms with van der Waals surface area (Å²) in [7, 11) is -4.31. The molecule has 0 bridgehead atoms. The first-order chi connectivity index (χ1) is 21.9. The second-order valence-electron chi connectivity index (χ2n) is 10.7. The zero-order valence-corrected chi connectivity index (χ0v) is 29.0. The second kappa shape index (κ2) is 16.0. The molecule has 0 aromatic heterocycles. The van der Waals surface area contributed by atoms with E-state index in [0.29, 0.717) is 22.0 Å². The van der Waals surface area contributed by atoms with Crippen LogP contribution >= 0.6 is 46.4 Å². The van der Waals surface area contributed by atoms with Gasteiger partial charge in [-0.15, -0.1) is 0 Å². The number of amides is 2. The fourth-order valence-electron chi connectivity index (χ4n) is 4.76. The molecule has 0 aliphatic heterocycles. The highest BCUT2D eigenvalue weighted by molar-refractivity contribution is 7.92. The molecule has 0 unspecified atom stereocenters. The van der Waals surface area contributed by atoms with E-state index in [0.717, 1.165) is 9.87 Å². The standard InChI is InChI=1S/C34H33Cl4N3O4S/c1-3-23(2)39-34(43)32(16-24-10-6-4-7-11-24)40(21-25-14-15-26(35)20-31(25)38)33(42)22-41(29-18-27(36)17-28(37)19-29)46(44,45)30-12-8-5-9-13-30/h4-15,17-20,23,32H,3,16,21-22H2,1-2H3,(H,39,43)/t23-,32-/m1/s1. The third kappa shape index (κ3) is 9.17. The van der Waals surface area contributed by atoms with Crippen LogP contribution in [0.2, 0.25) is 20.1 Å². The van der Waals surface area contributed by atoms with Crippen LogP contribution in [0.1, 0.15) is 31.4 Å². The van der Waals surface area contributed by atoms with Crippen LogP contribution in [-0.4, -0.2) is 43.8 Å². The number of anilines is 1. The van der Waals surface area contributed by atoms with E-state index in [1.165, 1.54) is 35.2 Å². The van der Waals surface area contributed by atoms with Crippen LogP contribution in [0.15, 0.2) is 102 Å². The van der Waals surface area contributed by atoms with Crippen LogP contribution < -0.4 is 9.62 Å². The van der Waals surface area contributed by atoms with E-state index in [4.69, 9.17) is 46.4 Å². The minimum atomic E-state index is -4.31. The van der Waals surface area contributed by atoms with Crippen LogP contribution in [0, 0.1) is 0 Å². The first-order valence-electron chi connectivity index (χ1n) is 14.5. The van der Waals surface area contributed by atoms with Gasteiger partial charge in [-0.1, -0.05) is 108 Å². The number of carbonyl (C=O) groups excluding carboxylic acids is 2. The molecule has 0 fully saturated rings. The smallest absolute Gasteiger partial charge is 0.264 e. The van der Waals surface area contributed by atoms with Crippen LogP contribution in [0.4, 0.5) is 5.69 Å². The molecule has 0 aliphatic carbocycles. The summed E-state index contributed by atoms with van der Waals surface area (Å²) in [6.07, 6.45) is 0.827. The van der Waals surface area contributed by atoms with Crippen molar-refractivity contribution in [3.8, 4) is 0 Å². The predicted molar refractivity (Wildman–Crippen MR) is 186 cm³/mol. The Labute approximate surface area is 290 Å². The van der Waals surface area contributed by atoms with Crippen molar-refractivity contribution in [3.05, 3.63) is 128 Å². The maximum atomic E-state index is 14.6. The monoisotopic (exact) mass is 719 g/mol. The van der Waals surface area contributed by atoms with Gasteiger partial charge in [0.05, 0.1) is 10.6 Å². The molecule has 2 atom stereocenters. The van der Waals surface area contributed by atoms with Crippen LogP contribution in [0.25, 0.3) is 0 Å². The van der Waals surface area contributed by atoms with Crippen molar-refractivity contribution in [3.63, 3.8) is 0 Å². The summed E-state index contributed by atoms with van der Waals surface area (Å²) >= 11 is 25.3. The summed E-state index contributed by atoms with van der Waals surface area (Å²) in [5, 5.41) is 4.06. The fraction of sp³-hybridized carbons (Fsp3) is 0.235. The molecule has 242 valence electrons. The van der Waals surface area contributed by atoms with Gasteiger partial charge in [-0.2, -0.15) is 0 Å². The molecular formula is C34H33Cl4N3O4S. The fourth-order valence-corrected chi connectivity index (χ4v) is 7.16.